The van der Waals surface area contributed by atoms with Crippen LogP contribution in [-0.4, -0.2) is 12.6 Å². The maximum Gasteiger partial charge on any atom is 0.331 e. The molecule has 0 saturated heterocycles. The number of carbonyl (C=O) groups excluding carboxylic acids is 1. The first-order valence-electron chi connectivity index (χ1n) is 7.31. The molecule has 2 heteroatoms. The van der Waals surface area contributed by atoms with Crippen LogP contribution in [0.5, 0.6) is 0 Å². The van der Waals surface area contributed by atoms with Gasteiger partial charge in [-0.1, -0.05) is 54.6 Å². The number of benzene rings is 2. The second kappa shape index (κ2) is 5.96. The highest BCUT2D eigenvalue weighted by molar-refractivity contribution is 5.93. The first-order chi connectivity index (χ1) is 10.3. The molecule has 3 rings (SSSR count). The van der Waals surface area contributed by atoms with Crippen LogP contribution in [0.25, 0.3) is 5.57 Å². The van der Waals surface area contributed by atoms with E-state index in [1.54, 1.807) is 6.08 Å². The highest BCUT2D eigenvalue weighted by Gasteiger charge is 2.27. The molecule has 0 amide bonds. The van der Waals surface area contributed by atoms with Crippen molar-refractivity contribution >= 4 is 11.5 Å². The predicted molar refractivity (Wildman–Crippen MR) is 84.0 cm³/mol. The molecule has 1 aliphatic rings. The Hall–Kier alpha value is -2.35. The van der Waals surface area contributed by atoms with Gasteiger partial charge in [0.05, 0.1) is 6.61 Å². The Labute approximate surface area is 125 Å². The van der Waals surface area contributed by atoms with E-state index in [0.717, 1.165) is 12.0 Å². The van der Waals surface area contributed by atoms with Gasteiger partial charge in [-0.2, -0.15) is 0 Å². The van der Waals surface area contributed by atoms with Crippen molar-refractivity contribution in [2.75, 3.05) is 6.61 Å². The summed E-state index contributed by atoms with van der Waals surface area (Å²) in [7, 11) is 0. The third-order valence-corrected chi connectivity index (χ3v) is 3.89. The first-order valence-corrected chi connectivity index (χ1v) is 7.31. The largest absolute Gasteiger partial charge is 0.463 e. The summed E-state index contributed by atoms with van der Waals surface area (Å²) in [5, 5.41) is 0. The number of fused-ring (bicyclic) bond motifs is 1. The summed E-state index contributed by atoms with van der Waals surface area (Å²) in [6.45, 7) is 2.23. The van der Waals surface area contributed by atoms with E-state index in [1.807, 2.05) is 19.1 Å². The topological polar surface area (TPSA) is 26.3 Å². The molecule has 0 N–H and O–H groups in total. The highest BCUT2D eigenvalue weighted by Crippen LogP contribution is 2.44. The summed E-state index contributed by atoms with van der Waals surface area (Å²) >= 11 is 0. The molecule has 2 aromatic carbocycles. The van der Waals surface area contributed by atoms with Crippen molar-refractivity contribution in [1.82, 2.24) is 0 Å². The molecule has 0 fully saturated rings. The van der Waals surface area contributed by atoms with Crippen molar-refractivity contribution in [1.29, 1.82) is 0 Å². The van der Waals surface area contributed by atoms with Gasteiger partial charge in [-0.15, -0.1) is 0 Å². The summed E-state index contributed by atoms with van der Waals surface area (Å²) in [5.41, 5.74) is 4.81. The van der Waals surface area contributed by atoms with Crippen LogP contribution in [0, 0.1) is 0 Å². The maximum absolute atomic E-state index is 11.8. The molecule has 0 bridgehead atoms. The van der Waals surface area contributed by atoms with Gasteiger partial charge in [0.25, 0.3) is 0 Å². The van der Waals surface area contributed by atoms with Gasteiger partial charge < -0.3 is 4.74 Å². The molecule has 21 heavy (non-hydrogen) atoms. The molecule has 2 aromatic rings. The molecule has 0 radical (unpaired) electrons. The molecule has 0 spiro atoms. The van der Waals surface area contributed by atoms with Crippen molar-refractivity contribution < 1.29 is 9.53 Å². The third kappa shape index (κ3) is 2.75. The van der Waals surface area contributed by atoms with Crippen LogP contribution in [0.3, 0.4) is 0 Å². The fourth-order valence-corrected chi connectivity index (χ4v) is 2.98. The lowest BCUT2D eigenvalue weighted by atomic mass is 9.93. The van der Waals surface area contributed by atoms with Gasteiger partial charge in [-0.25, -0.2) is 4.79 Å². The molecular formula is C19H18O2. The molecular weight excluding hydrogens is 260 g/mol. The van der Waals surface area contributed by atoms with Crippen molar-refractivity contribution in [3.63, 3.8) is 0 Å². The van der Waals surface area contributed by atoms with Gasteiger partial charge >= 0.3 is 5.97 Å². The first kappa shape index (κ1) is 13.6. The average Bonchev–Trinajstić information content (AvgIpc) is 2.87. The van der Waals surface area contributed by atoms with Gasteiger partial charge in [0.1, 0.15) is 0 Å². The van der Waals surface area contributed by atoms with E-state index < -0.39 is 0 Å². The number of carbonyl (C=O) groups is 1. The average molecular weight is 278 g/mol. The van der Waals surface area contributed by atoms with Crippen molar-refractivity contribution in [3.05, 3.63) is 77.4 Å². The molecule has 0 aliphatic heterocycles. The molecule has 0 aromatic heterocycles. The number of allylic oxidation sites excluding steroid dienone is 1. The summed E-state index contributed by atoms with van der Waals surface area (Å²) in [6, 6.07) is 18.8. The summed E-state index contributed by atoms with van der Waals surface area (Å²) in [4.78, 5) is 11.8. The Morgan fingerprint density at radius 1 is 1.14 bits per heavy atom. The van der Waals surface area contributed by atoms with Crippen LogP contribution in [0.4, 0.5) is 0 Å². The van der Waals surface area contributed by atoms with Crippen LogP contribution in [-0.2, 0) is 9.53 Å². The fraction of sp³-hybridized carbons (Fsp3) is 0.211. The highest BCUT2D eigenvalue weighted by atomic mass is 16.5. The van der Waals surface area contributed by atoms with Gasteiger partial charge in [-0.05, 0) is 35.6 Å². The van der Waals surface area contributed by atoms with Gasteiger partial charge in [0.2, 0.25) is 0 Å². The van der Waals surface area contributed by atoms with E-state index in [0.29, 0.717) is 12.5 Å². The smallest absolute Gasteiger partial charge is 0.331 e. The zero-order valence-electron chi connectivity index (χ0n) is 12.1. The van der Waals surface area contributed by atoms with Crippen LogP contribution in [0.1, 0.15) is 36.0 Å². The Morgan fingerprint density at radius 3 is 2.62 bits per heavy atom. The summed E-state index contributed by atoms with van der Waals surface area (Å²) in [6.07, 6.45) is 2.49. The summed E-state index contributed by atoms with van der Waals surface area (Å²) in [5.74, 6) is 0.0686. The minimum Gasteiger partial charge on any atom is -0.463 e. The van der Waals surface area contributed by atoms with E-state index in [-0.39, 0.29) is 5.97 Å². The van der Waals surface area contributed by atoms with E-state index >= 15 is 0 Å². The molecule has 0 heterocycles. The monoisotopic (exact) mass is 278 g/mol. The number of esters is 1. The Balaban J connectivity index is 1.99. The van der Waals surface area contributed by atoms with E-state index in [4.69, 9.17) is 4.74 Å². The zero-order valence-corrected chi connectivity index (χ0v) is 12.1. The van der Waals surface area contributed by atoms with Crippen LogP contribution < -0.4 is 0 Å². The number of ether oxygens (including phenoxy) is 1. The normalized spacial score (nSPS) is 18.5. The Kier molecular flexibility index (Phi) is 3.87. The van der Waals surface area contributed by atoms with Gasteiger partial charge in [-0.3, -0.25) is 0 Å². The SMILES string of the molecule is CCOC(=O)/C=C1\C[C@@H](c2ccccc2)c2ccccc21. The summed E-state index contributed by atoms with van der Waals surface area (Å²) < 4.78 is 5.04. The van der Waals surface area contributed by atoms with Crippen molar-refractivity contribution in [2.45, 2.75) is 19.3 Å². The Morgan fingerprint density at radius 2 is 1.86 bits per heavy atom. The van der Waals surface area contributed by atoms with E-state index in [2.05, 4.69) is 42.5 Å². The lowest BCUT2D eigenvalue weighted by Crippen LogP contribution is -2.00. The molecule has 106 valence electrons. The minimum atomic E-state index is -0.254. The maximum atomic E-state index is 11.8. The number of hydrogen-bond acceptors (Lipinski definition) is 2. The van der Waals surface area contributed by atoms with Crippen LogP contribution in [0.15, 0.2) is 60.7 Å². The zero-order chi connectivity index (χ0) is 14.7. The van der Waals surface area contributed by atoms with Crippen LogP contribution in [0.2, 0.25) is 0 Å². The second-order valence-corrected chi connectivity index (χ2v) is 5.18. The molecule has 1 atom stereocenters. The van der Waals surface area contributed by atoms with E-state index in [9.17, 15) is 4.79 Å². The quantitative estimate of drug-likeness (QED) is 0.622. The van der Waals surface area contributed by atoms with Gasteiger partial charge in [0, 0.05) is 12.0 Å². The number of hydrogen-bond donors (Lipinski definition) is 0. The minimum absolute atomic E-state index is 0.254. The fourth-order valence-electron chi connectivity index (χ4n) is 2.98. The second-order valence-electron chi connectivity index (χ2n) is 5.18. The standard InChI is InChI=1S/C19H18O2/c1-2-21-19(20)13-15-12-18(14-8-4-3-5-9-14)17-11-7-6-10-16(15)17/h3-11,13,18H,2,12H2,1H3/b15-13+/t18-/m0/s1. The molecule has 0 unspecified atom stereocenters. The Bertz CT molecular complexity index is 671. The molecule has 2 nitrogen and oxygen atoms in total. The van der Waals surface area contributed by atoms with E-state index in [1.165, 1.54) is 16.7 Å². The van der Waals surface area contributed by atoms with Crippen molar-refractivity contribution in [2.24, 2.45) is 0 Å². The molecule has 0 saturated carbocycles. The molecule has 1 aliphatic carbocycles. The van der Waals surface area contributed by atoms with Crippen LogP contribution >= 0.6 is 0 Å². The number of rotatable bonds is 3. The van der Waals surface area contributed by atoms with Gasteiger partial charge in [0.15, 0.2) is 0 Å². The third-order valence-electron chi connectivity index (χ3n) is 3.89. The lowest BCUT2D eigenvalue weighted by Gasteiger charge is -2.11. The predicted octanol–water partition coefficient (Wildman–Crippen LogP) is 4.17. The lowest BCUT2D eigenvalue weighted by molar-refractivity contribution is -0.137. The van der Waals surface area contributed by atoms with Crippen molar-refractivity contribution in [3.8, 4) is 0 Å².